The maximum atomic E-state index is 9.95. The molecule has 0 saturated carbocycles. The van der Waals surface area contributed by atoms with Gasteiger partial charge in [-0.2, -0.15) is 5.26 Å². The van der Waals surface area contributed by atoms with Crippen molar-refractivity contribution in [3.8, 4) is 28.7 Å². The molecule has 0 aliphatic carbocycles. The van der Waals surface area contributed by atoms with Crippen LogP contribution in [0.5, 0.6) is 0 Å². The van der Waals surface area contributed by atoms with Crippen molar-refractivity contribution in [2.75, 3.05) is 31.5 Å². The van der Waals surface area contributed by atoms with Gasteiger partial charge in [0.25, 0.3) is 0 Å². The van der Waals surface area contributed by atoms with Crippen molar-refractivity contribution >= 4 is 39.3 Å². The van der Waals surface area contributed by atoms with Gasteiger partial charge in [-0.15, -0.1) is 0 Å². The van der Waals surface area contributed by atoms with Gasteiger partial charge in [0.1, 0.15) is 22.9 Å². The van der Waals surface area contributed by atoms with Crippen LogP contribution in [0.25, 0.3) is 44.6 Å². The molecule has 0 amide bonds. The first-order chi connectivity index (χ1) is 23.1. The third-order valence-corrected chi connectivity index (χ3v) is 9.26. The molecule has 232 valence electrons. The molecule has 0 bridgehead atoms. The number of nitrogens with one attached hydrogen (secondary N) is 2. The number of aromatic nitrogens is 3. The quantitative estimate of drug-likeness (QED) is 0.192. The lowest BCUT2D eigenvalue weighted by Gasteiger charge is -2.16. The first-order valence-corrected chi connectivity index (χ1v) is 16.1. The summed E-state index contributed by atoms with van der Waals surface area (Å²) < 4.78 is 6.30. The number of nitrogens with zero attached hydrogens (tertiary/aromatic N) is 6. The van der Waals surface area contributed by atoms with E-state index in [0.29, 0.717) is 22.9 Å². The van der Waals surface area contributed by atoms with Gasteiger partial charge in [-0.25, -0.2) is 9.97 Å². The Hall–Kier alpha value is -5.59. The van der Waals surface area contributed by atoms with Gasteiger partial charge in [-0.3, -0.25) is 14.9 Å². The van der Waals surface area contributed by atoms with Crippen molar-refractivity contribution in [3.05, 3.63) is 101 Å². The number of oxazole rings is 1. The number of nitriles is 1. The largest absolute Gasteiger partial charge is 0.435 e. The fourth-order valence-electron chi connectivity index (χ4n) is 6.80. The number of benzene rings is 3. The molecule has 1 saturated heterocycles. The number of rotatable bonds is 7. The Morgan fingerprint density at radius 2 is 1.77 bits per heavy atom. The first kappa shape index (κ1) is 28.9. The maximum Gasteiger partial charge on any atom is 0.227 e. The van der Waals surface area contributed by atoms with Crippen LogP contribution in [-0.2, 0) is 6.54 Å². The average molecular weight is 619 g/mol. The molecule has 0 radical (unpaired) electrons. The Balaban J connectivity index is 1.12. The van der Waals surface area contributed by atoms with Crippen LogP contribution in [0.15, 0.2) is 82.5 Å². The Labute approximate surface area is 273 Å². The van der Waals surface area contributed by atoms with Gasteiger partial charge < -0.3 is 15.1 Å². The lowest BCUT2D eigenvalue weighted by molar-refractivity contribution is 0.331. The van der Waals surface area contributed by atoms with Crippen LogP contribution in [0.2, 0.25) is 0 Å². The third kappa shape index (κ3) is 5.37. The van der Waals surface area contributed by atoms with Gasteiger partial charge in [-0.1, -0.05) is 24.3 Å². The fourth-order valence-corrected chi connectivity index (χ4v) is 6.80. The van der Waals surface area contributed by atoms with Gasteiger partial charge in [0, 0.05) is 47.7 Å². The van der Waals surface area contributed by atoms with E-state index in [0.717, 1.165) is 99.6 Å². The van der Waals surface area contributed by atoms with Crippen molar-refractivity contribution in [1.29, 1.82) is 5.26 Å². The van der Waals surface area contributed by atoms with Gasteiger partial charge in [0.05, 0.1) is 12.1 Å². The van der Waals surface area contributed by atoms with E-state index >= 15 is 0 Å². The minimum Gasteiger partial charge on any atom is -0.435 e. The van der Waals surface area contributed by atoms with Crippen LogP contribution in [0, 0.1) is 25.2 Å². The summed E-state index contributed by atoms with van der Waals surface area (Å²) in [4.78, 5) is 21.3. The molecule has 2 aliphatic rings. The van der Waals surface area contributed by atoms with Crippen LogP contribution >= 0.6 is 0 Å². The van der Waals surface area contributed by atoms with Crippen molar-refractivity contribution in [2.45, 2.75) is 33.2 Å². The van der Waals surface area contributed by atoms with Crippen LogP contribution in [0.3, 0.4) is 0 Å². The summed E-state index contributed by atoms with van der Waals surface area (Å²) in [5, 5.41) is 17.8. The van der Waals surface area contributed by atoms with E-state index in [2.05, 4.69) is 81.8 Å². The Morgan fingerprint density at radius 3 is 2.57 bits per heavy atom. The van der Waals surface area contributed by atoms with Crippen molar-refractivity contribution < 1.29 is 4.42 Å². The molecule has 2 aliphatic heterocycles. The van der Waals surface area contributed by atoms with E-state index in [1.165, 1.54) is 12.8 Å². The summed E-state index contributed by atoms with van der Waals surface area (Å²) in [6.45, 7) is 8.86. The molecule has 3 aromatic carbocycles. The summed E-state index contributed by atoms with van der Waals surface area (Å²) in [6, 6.07) is 22.9. The predicted molar refractivity (Wildman–Crippen MR) is 186 cm³/mol. The van der Waals surface area contributed by atoms with Crippen LogP contribution in [-0.4, -0.2) is 51.9 Å². The third-order valence-electron chi connectivity index (χ3n) is 9.26. The Morgan fingerprint density at radius 1 is 0.957 bits per heavy atom. The lowest BCUT2D eigenvalue weighted by atomic mass is 9.93. The number of fused-ring (bicyclic) bond motifs is 2. The second kappa shape index (κ2) is 12.0. The number of amidine groups is 1. The molecule has 0 atom stereocenters. The number of likely N-dealkylation sites (tertiary alicyclic amines) is 1. The summed E-state index contributed by atoms with van der Waals surface area (Å²) in [5.41, 5.74) is 10.8. The highest BCUT2D eigenvalue weighted by atomic mass is 16.3. The molecule has 6 aromatic rings. The molecular formula is C38H34N8O. The van der Waals surface area contributed by atoms with Gasteiger partial charge in [-0.05, 0) is 104 Å². The maximum absolute atomic E-state index is 9.95. The minimum absolute atomic E-state index is 0.519. The molecule has 5 heterocycles. The Bertz CT molecular complexity index is 2240. The zero-order valence-electron chi connectivity index (χ0n) is 26.5. The van der Waals surface area contributed by atoms with Crippen LogP contribution in [0.1, 0.15) is 40.7 Å². The van der Waals surface area contributed by atoms with Crippen LogP contribution < -0.4 is 10.6 Å². The molecule has 3 aromatic heterocycles. The number of anilines is 2. The molecule has 0 unspecified atom stereocenters. The first-order valence-electron chi connectivity index (χ1n) is 16.1. The molecule has 0 spiro atoms. The van der Waals surface area contributed by atoms with E-state index in [9.17, 15) is 5.26 Å². The number of hydrogen-bond donors (Lipinski definition) is 2. The van der Waals surface area contributed by atoms with E-state index in [4.69, 9.17) is 14.4 Å². The minimum atomic E-state index is 0.519. The van der Waals surface area contributed by atoms with Crippen molar-refractivity contribution in [3.63, 3.8) is 0 Å². The van der Waals surface area contributed by atoms with Gasteiger partial charge in [0.15, 0.2) is 11.4 Å². The van der Waals surface area contributed by atoms with Crippen molar-refractivity contribution in [2.24, 2.45) is 4.99 Å². The normalized spacial score (nSPS) is 14.8. The van der Waals surface area contributed by atoms with Crippen LogP contribution in [0.4, 0.5) is 11.5 Å². The Kier molecular flexibility index (Phi) is 7.35. The molecule has 47 heavy (non-hydrogen) atoms. The van der Waals surface area contributed by atoms with Gasteiger partial charge >= 0.3 is 0 Å². The highest BCUT2D eigenvalue weighted by Crippen LogP contribution is 2.37. The number of aliphatic imine (C=N–C) groups is 1. The summed E-state index contributed by atoms with van der Waals surface area (Å²) in [6.07, 6.45) is 6.11. The molecule has 2 N–H and O–H groups in total. The smallest absolute Gasteiger partial charge is 0.227 e. The van der Waals surface area contributed by atoms with E-state index in [1.54, 1.807) is 6.20 Å². The monoisotopic (exact) mass is 618 g/mol. The highest BCUT2D eigenvalue weighted by molar-refractivity contribution is 6.03. The summed E-state index contributed by atoms with van der Waals surface area (Å²) in [7, 11) is 0. The highest BCUT2D eigenvalue weighted by Gasteiger charge is 2.20. The lowest BCUT2D eigenvalue weighted by Crippen LogP contribution is -2.19. The molecule has 8 rings (SSSR count). The second-order valence-corrected chi connectivity index (χ2v) is 12.3. The van der Waals surface area contributed by atoms with E-state index < -0.39 is 0 Å². The molecule has 9 heteroatoms. The van der Waals surface area contributed by atoms with Gasteiger partial charge in [0.2, 0.25) is 5.89 Å². The summed E-state index contributed by atoms with van der Waals surface area (Å²) >= 11 is 0. The zero-order valence-corrected chi connectivity index (χ0v) is 26.5. The van der Waals surface area contributed by atoms with E-state index in [1.807, 2.05) is 30.5 Å². The molecular weight excluding hydrogens is 584 g/mol. The average Bonchev–Trinajstić information content (AvgIpc) is 3.89. The molecule has 1 fully saturated rings. The number of pyridine rings is 2. The predicted octanol–water partition coefficient (Wildman–Crippen LogP) is 7.28. The molecule has 9 nitrogen and oxygen atoms in total. The standard InChI is InChI=1S/C38H34N8O/c1-23-29(7-5-9-31(23)38-45-33-18-25(22-46-15-3-4-16-46)17-27(20-39)35(33)47-38)30-8-6-10-32(24(30)2)44-37-34-26(11-12-40-37)19-28(21-43-34)36-41-13-14-42-36/h5-12,17-19,21H,3-4,13-16,22H2,1-2H3,(H,40,44)(H,41,42). The zero-order chi connectivity index (χ0) is 31.9. The topological polar surface area (TPSA) is 115 Å². The number of hydrogen-bond acceptors (Lipinski definition) is 9. The van der Waals surface area contributed by atoms with Crippen molar-refractivity contribution in [1.82, 2.24) is 25.2 Å². The second-order valence-electron chi connectivity index (χ2n) is 12.3. The SMILES string of the molecule is Cc1c(Nc2nccc3cc(C4=NCCN4)cnc23)cccc1-c1cccc(-c2nc3cc(CN4CCCC4)cc(C#N)c3o2)c1C. The summed E-state index contributed by atoms with van der Waals surface area (Å²) in [5.74, 6) is 2.10. The van der Waals surface area contributed by atoms with E-state index in [-0.39, 0.29) is 0 Å². The fraction of sp³-hybridized carbons (Fsp3) is 0.237.